The average Bonchev–Trinajstić information content (AvgIpc) is 0.806. The number of nitrogens with one attached hydrogen (secondary N) is 1. The average molecular weight is 1350 g/mol. The number of unbranched alkanes of at least 4 members (excludes halogenated alkanes) is 35. The number of rotatable bonds is 64. The van der Waals surface area contributed by atoms with Crippen molar-refractivity contribution in [1.29, 1.82) is 0 Å². The summed E-state index contributed by atoms with van der Waals surface area (Å²) in [6.07, 6.45) is 77.3. The van der Waals surface area contributed by atoms with E-state index in [-0.39, 0.29) is 18.9 Å². The van der Waals surface area contributed by atoms with E-state index < -0.39 is 86.8 Å². The first-order valence-corrected chi connectivity index (χ1v) is 39.1. The molecular weight excluding hydrogens is 1210 g/mol. The van der Waals surface area contributed by atoms with Gasteiger partial charge in [0, 0.05) is 6.42 Å². The summed E-state index contributed by atoms with van der Waals surface area (Å²) in [5.74, 6) is -0.248. The van der Waals surface area contributed by atoms with Gasteiger partial charge in [-0.25, -0.2) is 0 Å². The van der Waals surface area contributed by atoms with E-state index in [1.165, 1.54) is 199 Å². The second kappa shape index (κ2) is 65.0. The van der Waals surface area contributed by atoms with Gasteiger partial charge in [0.1, 0.15) is 48.8 Å². The van der Waals surface area contributed by atoms with E-state index in [1.807, 2.05) is 6.08 Å². The third-order valence-electron chi connectivity index (χ3n) is 18.4. The molecule has 2 fully saturated rings. The van der Waals surface area contributed by atoms with E-state index in [0.717, 1.165) is 77.0 Å². The SMILES string of the molecule is CC/C=C\C/C=C\C/C=C\C/C=C\C/C=C\C/C=C\C/C=C\CCCCCCCCCCCCCCCCCCCC(=O)NC(COC1OC(CO)C(OC2OC(CO)C(O)C(O)C2O)C(O)C1O)C(O)/C=C/CC/C=C/CCCCCCCCCCCCCCCCCCC. The van der Waals surface area contributed by atoms with Gasteiger partial charge < -0.3 is 65.1 Å². The highest BCUT2D eigenvalue weighted by Gasteiger charge is 2.51. The Morgan fingerprint density at radius 3 is 1.15 bits per heavy atom. The summed E-state index contributed by atoms with van der Waals surface area (Å²) in [7, 11) is 0. The molecule has 12 unspecified atom stereocenters. The number of hydrogen-bond donors (Lipinski definition) is 9. The van der Waals surface area contributed by atoms with Gasteiger partial charge in [0.2, 0.25) is 5.91 Å². The van der Waals surface area contributed by atoms with Crippen molar-refractivity contribution in [2.75, 3.05) is 19.8 Å². The fraction of sp³-hybridized carbons (Fsp3) is 0.768. The molecule has 0 radical (unpaired) electrons. The molecule has 0 aliphatic carbocycles. The number of carbonyl (C=O) groups is 1. The number of carbonyl (C=O) groups excluding carboxylic acids is 1. The molecular formula is C82H143NO13. The lowest BCUT2D eigenvalue weighted by Gasteiger charge is -2.46. The van der Waals surface area contributed by atoms with Crippen LogP contribution < -0.4 is 5.32 Å². The molecule has 2 heterocycles. The van der Waals surface area contributed by atoms with Crippen LogP contribution in [0.15, 0.2) is 109 Å². The number of amides is 1. The van der Waals surface area contributed by atoms with E-state index >= 15 is 0 Å². The van der Waals surface area contributed by atoms with Crippen LogP contribution >= 0.6 is 0 Å². The highest BCUT2D eigenvalue weighted by Crippen LogP contribution is 2.30. The van der Waals surface area contributed by atoms with Crippen molar-refractivity contribution in [3.8, 4) is 0 Å². The summed E-state index contributed by atoms with van der Waals surface area (Å²) >= 11 is 0. The summed E-state index contributed by atoms with van der Waals surface area (Å²) in [5.41, 5.74) is 0. The number of allylic oxidation sites excluding steroid dienone is 17. The summed E-state index contributed by atoms with van der Waals surface area (Å²) in [4.78, 5) is 13.4. The number of aliphatic hydroxyl groups excluding tert-OH is 8. The molecule has 554 valence electrons. The Balaban J connectivity index is 1.61. The highest BCUT2D eigenvalue weighted by atomic mass is 16.7. The molecule has 0 aromatic rings. The maximum Gasteiger partial charge on any atom is 0.220 e. The Morgan fingerprint density at radius 2 is 0.729 bits per heavy atom. The summed E-state index contributed by atoms with van der Waals surface area (Å²) < 4.78 is 22.9. The van der Waals surface area contributed by atoms with Gasteiger partial charge >= 0.3 is 0 Å². The van der Waals surface area contributed by atoms with Crippen molar-refractivity contribution in [3.05, 3.63) is 109 Å². The van der Waals surface area contributed by atoms with Crippen molar-refractivity contribution >= 4 is 5.91 Å². The fourth-order valence-corrected chi connectivity index (χ4v) is 12.3. The smallest absolute Gasteiger partial charge is 0.220 e. The van der Waals surface area contributed by atoms with Crippen LogP contribution in [0.2, 0.25) is 0 Å². The maximum atomic E-state index is 13.4. The molecule has 14 nitrogen and oxygen atoms in total. The first-order valence-electron chi connectivity index (χ1n) is 39.1. The van der Waals surface area contributed by atoms with Gasteiger partial charge in [-0.15, -0.1) is 0 Å². The zero-order chi connectivity index (χ0) is 69.4. The van der Waals surface area contributed by atoms with E-state index in [1.54, 1.807) is 6.08 Å². The Bertz CT molecular complexity index is 2030. The standard InChI is InChI=1S/C82H143NO13/c1-3-5-7-9-11-13-15-17-19-21-23-25-27-28-29-30-31-32-33-34-35-36-37-38-39-40-41-42-44-46-48-50-52-54-56-58-60-62-64-66-74(87)83-70(69-93-81-79(92)77(90)80(73(68-85)95-81)96-82-78(91)76(89)75(88)72(67-84)94-82)71(86)65-63-61-59-57-55-53-51-49-47-45-43-26-24-22-20-18-16-14-12-10-8-6-4-2/h5,7,11,13,17,19,23,25,28-29,31-32,34-35,55,57,63,65,70-73,75-82,84-86,88-92H,3-4,6,8-10,12,14-16,18,20-22,24,26-27,30,33,36-54,56,58-62,64,66-69H2,1-2H3,(H,83,87)/b7-5-,13-11-,19-17-,25-23-,29-28-,32-31-,35-34-,57-55+,65-63+. The lowest BCUT2D eigenvalue weighted by molar-refractivity contribution is -0.359. The molecule has 2 aliphatic heterocycles. The van der Waals surface area contributed by atoms with Crippen LogP contribution in [0.5, 0.6) is 0 Å². The van der Waals surface area contributed by atoms with Crippen molar-refractivity contribution in [1.82, 2.24) is 5.32 Å². The topological polar surface area (TPSA) is 228 Å². The first-order chi connectivity index (χ1) is 47.1. The Kier molecular flexibility index (Phi) is 60.1. The minimum atomic E-state index is -1.80. The van der Waals surface area contributed by atoms with Crippen molar-refractivity contribution in [2.45, 2.75) is 383 Å². The van der Waals surface area contributed by atoms with Crippen LogP contribution in [0.3, 0.4) is 0 Å². The van der Waals surface area contributed by atoms with Gasteiger partial charge in [-0.1, -0.05) is 322 Å². The van der Waals surface area contributed by atoms with Crippen LogP contribution in [0.25, 0.3) is 0 Å². The molecule has 0 saturated carbocycles. The molecule has 1 amide bonds. The third-order valence-corrected chi connectivity index (χ3v) is 18.4. The molecule has 2 rings (SSSR count). The van der Waals surface area contributed by atoms with Gasteiger partial charge in [0.15, 0.2) is 12.6 Å². The zero-order valence-corrected chi connectivity index (χ0v) is 60.6. The molecule has 0 aromatic carbocycles. The van der Waals surface area contributed by atoms with E-state index in [2.05, 4.69) is 116 Å². The largest absolute Gasteiger partial charge is 0.394 e. The van der Waals surface area contributed by atoms with Crippen LogP contribution in [-0.4, -0.2) is 140 Å². The van der Waals surface area contributed by atoms with Crippen LogP contribution in [0.1, 0.15) is 309 Å². The lowest BCUT2D eigenvalue weighted by atomic mass is 9.97. The van der Waals surface area contributed by atoms with Gasteiger partial charge in [-0.05, 0) is 89.9 Å². The molecule has 12 atom stereocenters. The Hall–Kier alpha value is -3.35. The van der Waals surface area contributed by atoms with Gasteiger partial charge in [-0.3, -0.25) is 4.79 Å². The van der Waals surface area contributed by atoms with Crippen LogP contribution in [0, 0.1) is 0 Å². The minimum absolute atomic E-state index is 0.248. The molecule has 0 bridgehead atoms. The number of hydrogen-bond acceptors (Lipinski definition) is 13. The van der Waals surface area contributed by atoms with E-state index in [0.29, 0.717) is 12.8 Å². The summed E-state index contributed by atoms with van der Waals surface area (Å²) in [5, 5.41) is 87.6. The number of aliphatic hydroxyl groups is 8. The monoisotopic (exact) mass is 1350 g/mol. The normalized spacial score (nSPS) is 22.9. The highest BCUT2D eigenvalue weighted by molar-refractivity contribution is 5.76. The van der Waals surface area contributed by atoms with E-state index in [4.69, 9.17) is 18.9 Å². The molecule has 14 heteroatoms. The van der Waals surface area contributed by atoms with Crippen molar-refractivity contribution < 1.29 is 64.6 Å². The summed E-state index contributed by atoms with van der Waals surface area (Å²) in [6.45, 7) is 2.70. The van der Waals surface area contributed by atoms with Crippen molar-refractivity contribution in [3.63, 3.8) is 0 Å². The van der Waals surface area contributed by atoms with Crippen molar-refractivity contribution in [2.24, 2.45) is 0 Å². The summed E-state index contributed by atoms with van der Waals surface area (Å²) in [6, 6.07) is -0.938. The molecule has 2 saturated heterocycles. The van der Waals surface area contributed by atoms with Gasteiger partial charge in [0.25, 0.3) is 0 Å². The Morgan fingerprint density at radius 1 is 0.385 bits per heavy atom. The number of ether oxygens (including phenoxy) is 4. The van der Waals surface area contributed by atoms with Crippen LogP contribution in [-0.2, 0) is 23.7 Å². The molecule has 0 aromatic heterocycles. The second-order valence-corrected chi connectivity index (χ2v) is 27.1. The zero-order valence-electron chi connectivity index (χ0n) is 60.6. The molecule has 96 heavy (non-hydrogen) atoms. The molecule has 0 spiro atoms. The predicted molar refractivity (Wildman–Crippen MR) is 396 cm³/mol. The second-order valence-electron chi connectivity index (χ2n) is 27.1. The maximum absolute atomic E-state index is 13.4. The molecule has 9 N–H and O–H groups in total. The Labute approximate surface area is 585 Å². The van der Waals surface area contributed by atoms with Gasteiger partial charge in [-0.2, -0.15) is 0 Å². The lowest BCUT2D eigenvalue weighted by Crippen LogP contribution is -2.65. The first kappa shape index (κ1) is 88.7. The minimum Gasteiger partial charge on any atom is -0.394 e. The fourth-order valence-electron chi connectivity index (χ4n) is 12.3. The van der Waals surface area contributed by atoms with E-state index in [9.17, 15) is 45.6 Å². The quantitative estimate of drug-likeness (QED) is 0.0204. The third kappa shape index (κ3) is 47.7. The predicted octanol–water partition coefficient (Wildman–Crippen LogP) is 17.5. The van der Waals surface area contributed by atoms with Crippen LogP contribution in [0.4, 0.5) is 0 Å². The van der Waals surface area contributed by atoms with Gasteiger partial charge in [0.05, 0.1) is 32.0 Å². The molecule has 2 aliphatic rings.